The Morgan fingerprint density at radius 3 is 2.81 bits per heavy atom. The molecule has 0 amide bonds. The highest BCUT2D eigenvalue weighted by atomic mass is 16.5. The van der Waals surface area contributed by atoms with Gasteiger partial charge in [-0.25, -0.2) is 14.5 Å². The molecule has 0 spiro atoms. The summed E-state index contributed by atoms with van der Waals surface area (Å²) in [6.07, 6.45) is 4.23. The number of fused-ring (bicyclic) bond motifs is 1. The molecule has 0 saturated carbocycles. The number of nitrogens with zero attached hydrogens (tertiary/aromatic N) is 4. The predicted molar refractivity (Wildman–Crippen MR) is 99.6 cm³/mol. The third-order valence-electron chi connectivity index (χ3n) is 3.95. The van der Waals surface area contributed by atoms with Crippen molar-refractivity contribution in [2.75, 3.05) is 20.8 Å². The van der Waals surface area contributed by atoms with Crippen molar-refractivity contribution < 1.29 is 9.47 Å². The third kappa shape index (κ3) is 4.02. The molecule has 3 rings (SSSR count). The van der Waals surface area contributed by atoms with Crippen molar-refractivity contribution in [1.29, 1.82) is 0 Å². The van der Waals surface area contributed by atoms with Crippen LogP contribution >= 0.6 is 0 Å². The largest absolute Gasteiger partial charge is 0.493 e. The normalized spacial score (nSPS) is 11.5. The Bertz CT molecular complexity index is 906. The van der Waals surface area contributed by atoms with Gasteiger partial charge in [0.1, 0.15) is 0 Å². The van der Waals surface area contributed by atoms with E-state index in [4.69, 9.17) is 15.2 Å². The Hall–Kier alpha value is -3.29. The maximum Gasteiger partial charge on any atom is 0.188 e. The van der Waals surface area contributed by atoms with Crippen molar-refractivity contribution in [3.8, 4) is 11.5 Å². The zero-order valence-corrected chi connectivity index (χ0v) is 14.8. The molecule has 0 aliphatic heterocycles. The molecule has 26 heavy (non-hydrogen) atoms. The molecule has 0 bridgehead atoms. The molecule has 2 heterocycles. The average molecular weight is 354 g/mol. The van der Waals surface area contributed by atoms with E-state index < -0.39 is 0 Å². The molecule has 0 unspecified atom stereocenters. The highest BCUT2D eigenvalue weighted by molar-refractivity contribution is 5.77. The van der Waals surface area contributed by atoms with E-state index in [0.717, 1.165) is 23.3 Å². The molecule has 0 aliphatic rings. The van der Waals surface area contributed by atoms with Gasteiger partial charge in [0, 0.05) is 18.8 Å². The molecule has 0 saturated heterocycles. The van der Waals surface area contributed by atoms with Gasteiger partial charge in [0.25, 0.3) is 0 Å². The number of aromatic nitrogens is 3. The molecule has 3 N–H and O–H groups in total. The lowest BCUT2D eigenvalue weighted by molar-refractivity contribution is 0.354. The average Bonchev–Trinajstić information content (AvgIpc) is 3.15. The number of guanidine groups is 1. The van der Waals surface area contributed by atoms with Gasteiger partial charge in [-0.15, -0.1) is 0 Å². The first kappa shape index (κ1) is 17.5. The zero-order chi connectivity index (χ0) is 18.4. The van der Waals surface area contributed by atoms with Crippen molar-refractivity contribution in [2.45, 2.75) is 13.0 Å². The molecular formula is C18H22N6O2. The summed E-state index contributed by atoms with van der Waals surface area (Å²) in [5.74, 6) is 1.82. The Balaban J connectivity index is 1.54. The summed E-state index contributed by atoms with van der Waals surface area (Å²) in [5.41, 5.74) is 8.79. The van der Waals surface area contributed by atoms with E-state index in [2.05, 4.69) is 20.4 Å². The van der Waals surface area contributed by atoms with Crippen LogP contribution in [0.15, 0.2) is 47.7 Å². The second kappa shape index (κ2) is 8.19. The molecule has 0 fully saturated rings. The maximum absolute atomic E-state index is 5.96. The van der Waals surface area contributed by atoms with E-state index in [-0.39, 0.29) is 0 Å². The third-order valence-corrected chi connectivity index (χ3v) is 3.95. The maximum atomic E-state index is 5.96. The Morgan fingerprint density at radius 2 is 2.00 bits per heavy atom. The SMILES string of the molecule is COc1ccc(CCNC(N)=NCc2ccnc3ccnn23)cc1OC. The van der Waals surface area contributed by atoms with Crippen LogP contribution in [-0.2, 0) is 13.0 Å². The van der Waals surface area contributed by atoms with Crippen LogP contribution in [0.1, 0.15) is 11.3 Å². The first-order valence-corrected chi connectivity index (χ1v) is 8.23. The number of ether oxygens (including phenoxy) is 2. The van der Waals surface area contributed by atoms with Gasteiger partial charge in [-0.05, 0) is 30.2 Å². The van der Waals surface area contributed by atoms with Gasteiger partial charge in [0.15, 0.2) is 23.1 Å². The summed E-state index contributed by atoms with van der Waals surface area (Å²) in [6, 6.07) is 9.57. The van der Waals surface area contributed by atoms with Crippen LogP contribution in [0.5, 0.6) is 11.5 Å². The minimum absolute atomic E-state index is 0.391. The van der Waals surface area contributed by atoms with E-state index in [1.807, 2.05) is 30.3 Å². The highest BCUT2D eigenvalue weighted by Crippen LogP contribution is 2.27. The molecule has 2 aromatic heterocycles. The van der Waals surface area contributed by atoms with E-state index in [1.165, 1.54) is 0 Å². The van der Waals surface area contributed by atoms with Gasteiger partial charge in [0.05, 0.1) is 32.7 Å². The van der Waals surface area contributed by atoms with Crippen LogP contribution in [-0.4, -0.2) is 41.3 Å². The predicted octanol–water partition coefficient (Wildman–Crippen LogP) is 1.39. The molecule has 136 valence electrons. The second-order valence-electron chi connectivity index (χ2n) is 5.60. The van der Waals surface area contributed by atoms with Crippen LogP contribution in [0.2, 0.25) is 0 Å². The standard InChI is InChI=1S/C18H22N6O2/c1-25-15-4-3-13(11-16(15)26-2)5-8-21-18(19)22-12-14-6-9-20-17-7-10-23-24(14)17/h3-4,6-7,9-11H,5,8,12H2,1-2H3,(H3,19,21,22). The Labute approximate surface area is 151 Å². The molecule has 0 radical (unpaired) electrons. The quantitative estimate of drug-likeness (QED) is 0.491. The van der Waals surface area contributed by atoms with E-state index in [1.54, 1.807) is 31.1 Å². The molecule has 1 aromatic carbocycles. The molecular weight excluding hydrogens is 332 g/mol. The Morgan fingerprint density at radius 1 is 1.15 bits per heavy atom. The van der Waals surface area contributed by atoms with Crippen LogP contribution in [0.25, 0.3) is 5.65 Å². The van der Waals surface area contributed by atoms with E-state index in [0.29, 0.717) is 30.5 Å². The topological polar surface area (TPSA) is 99.1 Å². The molecule has 8 heteroatoms. The fraction of sp³-hybridized carbons (Fsp3) is 0.278. The minimum atomic E-state index is 0.391. The number of aliphatic imine (C=N–C) groups is 1. The van der Waals surface area contributed by atoms with Gasteiger partial charge < -0.3 is 20.5 Å². The van der Waals surface area contributed by atoms with Gasteiger partial charge in [-0.2, -0.15) is 5.10 Å². The monoisotopic (exact) mass is 354 g/mol. The van der Waals surface area contributed by atoms with Crippen LogP contribution in [0, 0.1) is 0 Å². The fourth-order valence-electron chi connectivity index (χ4n) is 2.60. The summed E-state index contributed by atoms with van der Waals surface area (Å²) in [6.45, 7) is 1.09. The Kier molecular flexibility index (Phi) is 5.52. The van der Waals surface area contributed by atoms with Crippen molar-refractivity contribution >= 4 is 11.6 Å². The highest BCUT2D eigenvalue weighted by Gasteiger charge is 2.05. The lowest BCUT2D eigenvalue weighted by atomic mass is 10.1. The first-order chi connectivity index (χ1) is 12.7. The summed E-state index contributed by atoms with van der Waals surface area (Å²) in [5, 5.41) is 7.35. The lowest BCUT2D eigenvalue weighted by Crippen LogP contribution is -2.33. The van der Waals surface area contributed by atoms with Gasteiger partial charge >= 0.3 is 0 Å². The zero-order valence-electron chi connectivity index (χ0n) is 14.8. The van der Waals surface area contributed by atoms with Gasteiger partial charge in [-0.1, -0.05) is 6.07 Å². The van der Waals surface area contributed by atoms with Crippen molar-refractivity contribution in [3.63, 3.8) is 0 Å². The molecule has 8 nitrogen and oxygen atoms in total. The van der Waals surface area contributed by atoms with Crippen LogP contribution in [0.4, 0.5) is 0 Å². The van der Waals surface area contributed by atoms with Gasteiger partial charge in [0.2, 0.25) is 0 Å². The van der Waals surface area contributed by atoms with Crippen LogP contribution in [0.3, 0.4) is 0 Å². The summed E-state index contributed by atoms with van der Waals surface area (Å²) >= 11 is 0. The summed E-state index contributed by atoms with van der Waals surface area (Å²) in [7, 11) is 3.25. The smallest absolute Gasteiger partial charge is 0.188 e. The summed E-state index contributed by atoms with van der Waals surface area (Å²) < 4.78 is 12.3. The minimum Gasteiger partial charge on any atom is -0.493 e. The number of hydrogen-bond acceptors (Lipinski definition) is 5. The van der Waals surface area contributed by atoms with E-state index >= 15 is 0 Å². The molecule has 0 atom stereocenters. The first-order valence-electron chi connectivity index (χ1n) is 8.23. The number of hydrogen-bond donors (Lipinski definition) is 2. The fourth-order valence-corrected chi connectivity index (χ4v) is 2.60. The van der Waals surface area contributed by atoms with E-state index in [9.17, 15) is 0 Å². The molecule has 3 aromatic rings. The van der Waals surface area contributed by atoms with Crippen molar-refractivity contribution in [1.82, 2.24) is 19.9 Å². The second-order valence-corrected chi connectivity index (χ2v) is 5.60. The molecule has 0 aliphatic carbocycles. The lowest BCUT2D eigenvalue weighted by Gasteiger charge is -2.10. The van der Waals surface area contributed by atoms with Crippen molar-refractivity contribution in [3.05, 3.63) is 54.0 Å². The number of nitrogens with one attached hydrogen (secondary N) is 1. The van der Waals surface area contributed by atoms with Crippen molar-refractivity contribution in [2.24, 2.45) is 10.7 Å². The number of benzene rings is 1. The summed E-state index contributed by atoms with van der Waals surface area (Å²) in [4.78, 5) is 8.59. The van der Waals surface area contributed by atoms with Crippen LogP contribution < -0.4 is 20.5 Å². The number of nitrogens with two attached hydrogens (primary N) is 1. The number of rotatable bonds is 7. The van der Waals surface area contributed by atoms with Gasteiger partial charge in [-0.3, -0.25) is 0 Å². The number of methoxy groups -OCH3 is 2.